The van der Waals surface area contributed by atoms with E-state index in [1.165, 1.54) is 32.1 Å². The summed E-state index contributed by atoms with van der Waals surface area (Å²) in [5.74, 6) is 0.873. The molecule has 1 aliphatic carbocycles. The molecule has 0 aromatic carbocycles. The Balaban J connectivity index is 1.72. The standard InChI is InChI=1S/C15H21NO2/c1-11(17)16-10-15-7-4-13(18-15)8-12(15)9-14(16)5-2-3-6-14/h4,7,12-13H,2-3,5-6,8-10H2,1H3/t12-,13-,15+/m1/s1. The van der Waals surface area contributed by atoms with Gasteiger partial charge in [-0.3, -0.25) is 4.79 Å². The van der Waals surface area contributed by atoms with E-state index in [-0.39, 0.29) is 17.0 Å². The van der Waals surface area contributed by atoms with Crippen molar-refractivity contribution in [3.63, 3.8) is 0 Å². The third-order valence-electron chi connectivity index (χ3n) is 5.69. The first kappa shape index (κ1) is 11.0. The molecule has 18 heavy (non-hydrogen) atoms. The molecule has 2 bridgehead atoms. The minimum atomic E-state index is -0.135. The monoisotopic (exact) mass is 247 g/mol. The third-order valence-corrected chi connectivity index (χ3v) is 5.69. The van der Waals surface area contributed by atoms with Crippen LogP contribution >= 0.6 is 0 Å². The van der Waals surface area contributed by atoms with Gasteiger partial charge >= 0.3 is 0 Å². The molecule has 4 aliphatic rings. The highest BCUT2D eigenvalue weighted by Crippen LogP contribution is 2.55. The predicted octanol–water partition coefficient (Wildman–Crippen LogP) is 2.27. The fourth-order valence-electron chi connectivity index (χ4n) is 4.88. The molecular formula is C15H21NO2. The fraction of sp³-hybridized carbons (Fsp3) is 0.800. The van der Waals surface area contributed by atoms with Crippen molar-refractivity contribution in [2.24, 2.45) is 5.92 Å². The maximum absolute atomic E-state index is 12.1. The first-order valence-electron chi connectivity index (χ1n) is 7.29. The number of nitrogens with zero attached hydrogens (tertiary/aromatic N) is 1. The van der Waals surface area contributed by atoms with Crippen LogP contribution in [0.1, 0.15) is 45.4 Å². The second-order valence-corrected chi connectivity index (χ2v) is 6.64. The summed E-state index contributed by atoms with van der Waals surface area (Å²) < 4.78 is 6.14. The second-order valence-electron chi connectivity index (χ2n) is 6.64. The van der Waals surface area contributed by atoms with Crippen LogP contribution in [0.5, 0.6) is 0 Å². The Morgan fingerprint density at radius 1 is 1.39 bits per heavy atom. The zero-order valence-corrected chi connectivity index (χ0v) is 11.0. The Labute approximate surface area is 108 Å². The smallest absolute Gasteiger partial charge is 0.220 e. The van der Waals surface area contributed by atoms with Crippen molar-refractivity contribution in [2.45, 2.75) is 62.7 Å². The zero-order chi connectivity index (χ0) is 12.4. The van der Waals surface area contributed by atoms with Crippen molar-refractivity contribution in [2.75, 3.05) is 6.54 Å². The minimum absolute atomic E-state index is 0.135. The van der Waals surface area contributed by atoms with Crippen LogP contribution in [0.15, 0.2) is 12.2 Å². The zero-order valence-electron chi connectivity index (χ0n) is 11.0. The summed E-state index contributed by atoms with van der Waals surface area (Å²) in [6, 6.07) is 0. The number of rotatable bonds is 0. The van der Waals surface area contributed by atoms with Gasteiger partial charge in [0.05, 0.1) is 12.6 Å². The summed E-state index contributed by atoms with van der Waals surface area (Å²) >= 11 is 0. The highest BCUT2D eigenvalue weighted by Gasteiger charge is 2.59. The van der Waals surface area contributed by atoms with Gasteiger partial charge in [0.2, 0.25) is 5.91 Å². The number of hydrogen-bond donors (Lipinski definition) is 0. The summed E-state index contributed by atoms with van der Waals surface area (Å²) in [5, 5.41) is 0. The molecule has 4 rings (SSSR count). The lowest BCUT2D eigenvalue weighted by Gasteiger charge is -2.52. The number of carbonyl (C=O) groups excluding carboxylic acids is 1. The summed E-state index contributed by atoms with van der Waals surface area (Å²) in [6.45, 7) is 2.52. The summed E-state index contributed by atoms with van der Waals surface area (Å²) in [5.41, 5.74) is 0.0353. The molecule has 0 radical (unpaired) electrons. The van der Waals surface area contributed by atoms with Crippen LogP contribution in [0, 0.1) is 5.92 Å². The minimum Gasteiger partial charge on any atom is -0.361 e. The van der Waals surface area contributed by atoms with E-state index in [2.05, 4.69) is 17.1 Å². The Morgan fingerprint density at radius 2 is 2.17 bits per heavy atom. The van der Waals surface area contributed by atoms with E-state index in [0.717, 1.165) is 13.0 Å². The van der Waals surface area contributed by atoms with Crippen molar-refractivity contribution in [3.8, 4) is 0 Å². The van der Waals surface area contributed by atoms with E-state index in [1.54, 1.807) is 6.92 Å². The SMILES string of the molecule is CC(=O)N1C[C@@]23C=C[C@H](C[C@@H]2CC12CCCC2)O3. The summed E-state index contributed by atoms with van der Waals surface area (Å²) in [6.07, 6.45) is 12.1. The van der Waals surface area contributed by atoms with Crippen LogP contribution in [0.3, 0.4) is 0 Å². The van der Waals surface area contributed by atoms with E-state index >= 15 is 0 Å². The lowest BCUT2D eigenvalue weighted by molar-refractivity contribution is -0.149. The normalized spacial score (nSPS) is 43.7. The molecule has 98 valence electrons. The molecule has 3 heterocycles. The van der Waals surface area contributed by atoms with Crippen LogP contribution in [0.4, 0.5) is 0 Å². The highest BCUT2D eigenvalue weighted by atomic mass is 16.5. The topological polar surface area (TPSA) is 29.5 Å². The molecule has 3 atom stereocenters. The van der Waals surface area contributed by atoms with Gasteiger partial charge in [0.15, 0.2) is 0 Å². The molecule has 2 saturated heterocycles. The molecule has 3 heteroatoms. The van der Waals surface area contributed by atoms with E-state index in [1.807, 2.05) is 0 Å². The first-order chi connectivity index (χ1) is 8.64. The quantitative estimate of drug-likeness (QED) is 0.615. The molecule has 0 unspecified atom stereocenters. The number of hydrogen-bond acceptors (Lipinski definition) is 2. The highest BCUT2D eigenvalue weighted by molar-refractivity contribution is 5.75. The lowest BCUT2D eigenvalue weighted by Crippen LogP contribution is -2.62. The number of carbonyl (C=O) groups is 1. The summed E-state index contributed by atoms with van der Waals surface area (Å²) in [7, 11) is 0. The largest absolute Gasteiger partial charge is 0.361 e. The van der Waals surface area contributed by atoms with Gasteiger partial charge in [-0.25, -0.2) is 0 Å². The molecular weight excluding hydrogens is 226 g/mol. The van der Waals surface area contributed by atoms with E-state index in [0.29, 0.717) is 12.0 Å². The van der Waals surface area contributed by atoms with Crippen molar-refractivity contribution in [1.29, 1.82) is 0 Å². The van der Waals surface area contributed by atoms with Gasteiger partial charge in [-0.15, -0.1) is 0 Å². The van der Waals surface area contributed by atoms with Crippen LogP contribution in [0.25, 0.3) is 0 Å². The number of piperidine rings is 1. The number of likely N-dealkylation sites (tertiary alicyclic amines) is 1. The van der Waals surface area contributed by atoms with Gasteiger partial charge in [-0.1, -0.05) is 25.0 Å². The first-order valence-corrected chi connectivity index (χ1v) is 7.29. The predicted molar refractivity (Wildman–Crippen MR) is 68.1 cm³/mol. The summed E-state index contributed by atoms with van der Waals surface area (Å²) in [4.78, 5) is 14.2. The molecule has 3 aliphatic heterocycles. The van der Waals surface area contributed by atoms with E-state index < -0.39 is 0 Å². The number of ether oxygens (including phenoxy) is 1. The van der Waals surface area contributed by atoms with E-state index in [9.17, 15) is 4.79 Å². The maximum Gasteiger partial charge on any atom is 0.220 e. The average molecular weight is 247 g/mol. The van der Waals surface area contributed by atoms with Crippen molar-refractivity contribution in [1.82, 2.24) is 4.90 Å². The van der Waals surface area contributed by atoms with E-state index in [4.69, 9.17) is 4.74 Å². The Morgan fingerprint density at radius 3 is 2.83 bits per heavy atom. The van der Waals surface area contributed by atoms with Crippen molar-refractivity contribution < 1.29 is 9.53 Å². The van der Waals surface area contributed by atoms with Crippen LogP contribution < -0.4 is 0 Å². The lowest BCUT2D eigenvalue weighted by atomic mass is 9.69. The molecule has 2 spiro atoms. The Bertz CT molecular complexity index is 424. The fourth-order valence-corrected chi connectivity index (χ4v) is 4.88. The van der Waals surface area contributed by atoms with Gasteiger partial charge in [-0.05, 0) is 31.6 Å². The van der Waals surface area contributed by atoms with Crippen LogP contribution in [0.2, 0.25) is 0 Å². The molecule has 1 saturated carbocycles. The molecule has 0 aromatic heterocycles. The average Bonchev–Trinajstić information content (AvgIpc) is 3.01. The third kappa shape index (κ3) is 1.26. The van der Waals surface area contributed by atoms with Crippen LogP contribution in [-0.2, 0) is 9.53 Å². The van der Waals surface area contributed by atoms with Crippen LogP contribution in [-0.4, -0.2) is 34.6 Å². The van der Waals surface area contributed by atoms with Crippen molar-refractivity contribution >= 4 is 5.91 Å². The van der Waals surface area contributed by atoms with Gasteiger partial charge < -0.3 is 9.64 Å². The van der Waals surface area contributed by atoms with Gasteiger partial charge in [-0.2, -0.15) is 0 Å². The molecule has 0 N–H and O–H groups in total. The van der Waals surface area contributed by atoms with Gasteiger partial charge in [0.1, 0.15) is 5.60 Å². The second kappa shape index (κ2) is 3.38. The molecule has 1 amide bonds. The Kier molecular flexibility index (Phi) is 2.07. The Hall–Kier alpha value is -0.830. The number of fused-ring (bicyclic) bond motifs is 1. The number of amides is 1. The van der Waals surface area contributed by atoms with Crippen molar-refractivity contribution in [3.05, 3.63) is 12.2 Å². The molecule has 3 fully saturated rings. The molecule has 0 aromatic rings. The molecule has 3 nitrogen and oxygen atoms in total. The maximum atomic E-state index is 12.1. The van der Waals surface area contributed by atoms with Gasteiger partial charge in [0.25, 0.3) is 0 Å². The van der Waals surface area contributed by atoms with Gasteiger partial charge in [0, 0.05) is 12.5 Å².